The number of primary amides is 1. The second-order valence-electron chi connectivity index (χ2n) is 8.77. The predicted octanol–water partition coefficient (Wildman–Crippen LogP) is -0.230. The number of rotatable bonds is 16. The van der Waals surface area contributed by atoms with Crippen molar-refractivity contribution in [2.24, 2.45) is 17.4 Å². The van der Waals surface area contributed by atoms with Crippen LogP contribution in [0.3, 0.4) is 0 Å². The highest BCUT2D eigenvalue weighted by atomic mass is 32.2. The van der Waals surface area contributed by atoms with Crippen LogP contribution in [0.1, 0.15) is 38.7 Å². The minimum absolute atomic E-state index is 0.0650. The van der Waals surface area contributed by atoms with Gasteiger partial charge in [-0.1, -0.05) is 44.2 Å². The molecule has 0 saturated heterocycles. The first kappa shape index (κ1) is 30.9. The monoisotopic (exact) mass is 523 g/mol. The van der Waals surface area contributed by atoms with Gasteiger partial charge in [0.2, 0.25) is 23.6 Å². The molecule has 200 valence electrons. The molecule has 0 radical (unpaired) electrons. The third-order valence-electron chi connectivity index (χ3n) is 5.47. The Morgan fingerprint density at radius 2 is 1.42 bits per heavy atom. The van der Waals surface area contributed by atoms with Crippen molar-refractivity contribution in [1.29, 1.82) is 0 Å². The molecule has 12 heteroatoms. The molecular weight excluding hydrogens is 486 g/mol. The number of amides is 4. The van der Waals surface area contributed by atoms with Crippen LogP contribution in [0.4, 0.5) is 0 Å². The van der Waals surface area contributed by atoms with Crippen LogP contribution in [0.2, 0.25) is 0 Å². The van der Waals surface area contributed by atoms with E-state index >= 15 is 0 Å². The maximum atomic E-state index is 13.1. The largest absolute Gasteiger partial charge is 0.480 e. The molecule has 8 N–H and O–H groups in total. The van der Waals surface area contributed by atoms with Gasteiger partial charge in [0.05, 0.1) is 6.04 Å². The van der Waals surface area contributed by atoms with E-state index in [1.807, 2.05) is 6.26 Å². The van der Waals surface area contributed by atoms with Crippen molar-refractivity contribution in [3.63, 3.8) is 0 Å². The molecule has 0 saturated carbocycles. The summed E-state index contributed by atoms with van der Waals surface area (Å²) in [5, 5.41) is 17.2. The van der Waals surface area contributed by atoms with Crippen molar-refractivity contribution >= 4 is 41.4 Å². The molecule has 0 fully saturated rings. The zero-order valence-corrected chi connectivity index (χ0v) is 21.7. The zero-order chi connectivity index (χ0) is 27.3. The first-order valence-corrected chi connectivity index (χ1v) is 13.1. The van der Waals surface area contributed by atoms with Crippen molar-refractivity contribution < 1.29 is 29.1 Å². The smallest absolute Gasteiger partial charge is 0.326 e. The lowest BCUT2D eigenvalue weighted by atomic mass is 10.0. The molecule has 1 aromatic rings. The lowest BCUT2D eigenvalue weighted by molar-refractivity contribution is -0.142. The number of carboxylic acid groups (broad SMARTS) is 1. The van der Waals surface area contributed by atoms with Crippen molar-refractivity contribution in [3.8, 4) is 0 Å². The molecule has 0 heterocycles. The van der Waals surface area contributed by atoms with Crippen molar-refractivity contribution in [2.75, 3.05) is 12.0 Å². The van der Waals surface area contributed by atoms with Gasteiger partial charge in [-0.3, -0.25) is 19.2 Å². The minimum Gasteiger partial charge on any atom is -0.480 e. The molecule has 0 spiro atoms. The number of benzene rings is 1. The topological polar surface area (TPSA) is 194 Å². The van der Waals surface area contributed by atoms with Crippen LogP contribution in [0.5, 0.6) is 0 Å². The van der Waals surface area contributed by atoms with Gasteiger partial charge < -0.3 is 32.5 Å². The highest BCUT2D eigenvalue weighted by molar-refractivity contribution is 7.98. The van der Waals surface area contributed by atoms with Gasteiger partial charge >= 0.3 is 5.97 Å². The summed E-state index contributed by atoms with van der Waals surface area (Å²) in [7, 11) is 0. The lowest BCUT2D eigenvalue weighted by Crippen LogP contribution is -2.57. The fourth-order valence-corrected chi connectivity index (χ4v) is 3.70. The van der Waals surface area contributed by atoms with E-state index in [1.54, 1.807) is 44.2 Å². The Morgan fingerprint density at radius 1 is 0.889 bits per heavy atom. The van der Waals surface area contributed by atoms with E-state index in [2.05, 4.69) is 16.0 Å². The molecule has 0 bridgehead atoms. The number of carbonyl (C=O) groups excluding carboxylic acids is 4. The van der Waals surface area contributed by atoms with Crippen LogP contribution >= 0.6 is 11.8 Å². The molecule has 4 atom stereocenters. The second-order valence-corrected chi connectivity index (χ2v) is 9.75. The third-order valence-corrected chi connectivity index (χ3v) is 6.12. The Labute approximate surface area is 215 Å². The van der Waals surface area contributed by atoms with Gasteiger partial charge in [0, 0.05) is 12.8 Å². The van der Waals surface area contributed by atoms with Gasteiger partial charge in [-0.2, -0.15) is 11.8 Å². The maximum Gasteiger partial charge on any atom is 0.326 e. The number of thioether (sulfide) groups is 1. The fraction of sp³-hybridized carbons (Fsp3) is 0.542. The summed E-state index contributed by atoms with van der Waals surface area (Å²) in [4.78, 5) is 61.6. The van der Waals surface area contributed by atoms with Crippen LogP contribution in [0.25, 0.3) is 0 Å². The summed E-state index contributed by atoms with van der Waals surface area (Å²) in [6.45, 7) is 3.50. The number of hydrogen-bond donors (Lipinski definition) is 6. The Hall–Kier alpha value is -3.12. The van der Waals surface area contributed by atoms with Gasteiger partial charge in [-0.15, -0.1) is 0 Å². The van der Waals surface area contributed by atoms with Gasteiger partial charge in [0.25, 0.3) is 0 Å². The van der Waals surface area contributed by atoms with Crippen molar-refractivity contribution in [3.05, 3.63) is 35.9 Å². The first-order chi connectivity index (χ1) is 17.0. The van der Waals surface area contributed by atoms with E-state index < -0.39 is 53.8 Å². The first-order valence-electron chi connectivity index (χ1n) is 11.7. The Balaban J connectivity index is 3.01. The quantitative estimate of drug-likeness (QED) is 0.171. The molecule has 4 amide bonds. The molecular formula is C24H37N5O6S. The minimum atomic E-state index is -1.21. The van der Waals surface area contributed by atoms with Gasteiger partial charge in [-0.25, -0.2) is 4.79 Å². The molecule has 0 aliphatic carbocycles. The summed E-state index contributed by atoms with van der Waals surface area (Å²) < 4.78 is 0. The molecule has 4 unspecified atom stereocenters. The van der Waals surface area contributed by atoms with E-state index in [1.165, 1.54) is 11.8 Å². The standard InChI is InChI=1S/C24H37N5O6S/c1-14(2)20(26)23(33)28-16(9-10-19(25)30)21(31)27-17(11-12-36-3)22(32)29-18(24(34)35)13-15-7-5-4-6-8-15/h4-8,14,16-18,20H,9-13,26H2,1-3H3,(H2,25,30)(H,27,31)(H,28,33)(H,29,32)(H,34,35). The second kappa shape index (κ2) is 15.8. The number of carboxylic acids is 1. The summed E-state index contributed by atoms with van der Waals surface area (Å²) in [5.41, 5.74) is 11.8. The molecule has 11 nitrogen and oxygen atoms in total. The summed E-state index contributed by atoms with van der Waals surface area (Å²) >= 11 is 1.45. The molecule has 1 rings (SSSR count). The van der Waals surface area contributed by atoms with Gasteiger partial charge in [0.1, 0.15) is 18.1 Å². The van der Waals surface area contributed by atoms with Crippen LogP contribution in [-0.4, -0.2) is 70.9 Å². The number of aliphatic carboxylic acids is 1. The summed E-state index contributed by atoms with van der Waals surface area (Å²) in [5.74, 6) is -3.49. The van der Waals surface area contributed by atoms with E-state index in [9.17, 15) is 29.1 Å². The van der Waals surface area contributed by atoms with Crippen LogP contribution in [0.15, 0.2) is 30.3 Å². The average molecular weight is 524 g/mol. The van der Waals surface area contributed by atoms with Gasteiger partial charge in [0.15, 0.2) is 0 Å². The number of carbonyl (C=O) groups is 5. The highest BCUT2D eigenvalue weighted by Crippen LogP contribution is 2.08. The predicted molar refractivity (Wildman–Crippen MR) is 138 cm³/mol. The molecule has 1 aromatic carbocycles. The number of nitrogens with one attached hydrogen (secondary N) is 3. The lowest BCUT2D eigenvalue weighted by Gasteiger charge is -2.25. The summed E-state index contributed by atoms with van der Waals surface area (Å²) in [6.07, 6.45) is 1.86. The van der Waals surface area contributed by atoms with E-state index in [0.717, 1.165) is 5.56 Å². The van der Waals surface area contributed by atoms with Crippen molar-refractivity contribution in [1.82, 2.24) is 16.0 Å². The SMILES string of the molecule is CSCCC(NC(=O)C(CCC(N)=O)NC(=O)C(N)C(C)C)C(=O)NC(Cc1ccccc1)C(=O)O. The van der Waals surface area contributed by atoms with E-state index in [-0.39, 0.29) is 31.6 Å². The number of hydrogen-bond acceptors (Lipinski definition) is 7. The third kappa shape index (κ3) is 11.1. The Kier molecular flexibility index (Phi) is 13.6. The fourth-order valence-electron chi connectivity index (χ4n) is 3.23. The van der Waals surface area contributed by atoms with E-state index in [4.69, 9.17) is 11.5 Å². The Morgan fingerprint density at radius 3 is 1.92 bits per heavy atom. The van der Waals surface area contributed by atoms with Crippen LogP contribution in [0, 0.1) is 5.92 Å². The average Bonchev–Trinajstić information content (AvgIpc) is 2.83. The van der Waals surface area contributed by atoms with Gasteiger partial charge in [-0.05, 0) is 36.3 Å². The normalized spacial score (nSPS) is 14.2. The molecule has 0 aromatic heterocycles. The highest BCUT2D eigenvalue weighted by Gasteiger charge is 2.30. The van der Waals surface area contributed by atoms with Crippen LogP contribution < -0.4 is 27.4 Å². The molecule has 36 heavy (non-hydrogen) atoms. The zero-order valence-electron chi connectivity index (χ0n) is 20.9. The molecule has 0 aliphatic heterocycles. The number of nitrogens with two attached hydrogens (primary N) is 2. The maximum absolute atomic E-state index is 13.1. The van der Waals surface area contributed by atoms with Crippen LogP contribution in [-0.2, 0) is 30.4 Å². The molecule has 0 aliphatic rings. The Bertz CT molecular complexity index is 898. The van der Waals surface area contributed by atoms with Crippen molar-refractivity contribution in [2.45, 2.75) is 63.7 Å². The summed E-state index contributed by atoms with van der Waals surface area (Å²) in [6, 6.07) is 4.54. The van der Waals surface area contributed by atoms with E-state index in [0.29, 0.717) is 5.75 Å².